The summed E-state index contributed by atoms with van der Waals surface area (Å²) in [6, 6.07) is -0.402. The molecule has 0 aliphatic carbocycles. The van der Waals surface area contributed by atoms with Crippen LogP contribution in [0.3, 0.4) is 0 Å². The van der Waals surface area contributed by atoms with Crippen LogP contribution in [0.15, 0.2) is 0 Å². The molecule has 5 N–H and O–H groups in total. The highest BCUT2D eigenvalue weighted by Gasteiger charge is 2.23. The van der Waals surface area contributed by atoms with E-state index in [1.807, 2.05) is 5.43 Å². The number of hydrazine groups is 1. The van der Waals surface area contributed by atoms with Crippen molar-refractivity contribution in [3.8, 4) is 0 Å². The van der Waals surface area contributed by atoms with E-state index in [2.05, 4.69) is 5.32 Å². The number of nitrogens with two attached hydrogens (primary N) is 1. The van der Waals surface area contributed by atoms with Crippen molar-refractivity contribution in [3.05, 3.63) is 0 Å². The van der Waals surface area contributed by atoms with Gasteiger partial charge in [-0.1, -0.05) is 13.8 Å². The van der Waals surface area contributed by atoms with Crippen LogP contribution in [0.2, 0.25) is 0 Å². The Labute approximate surface area is 76.5 Å². The lowest BCUT2D eigenvalue weighted by Crippen LogP contribution is -2.46. The molecule has 1 unspecified atom stereocenters. The molecule has 13 heavy (non-hydrogen) atoms. The van der Waals surface area contributed by atoms with Gasteiger partial charge in [0.1, 0.15) is 0 Å². The van der Waals surface area contributed by atoms with Crippen LogP contribution >= 0.6 is 0 Å². The van der Waals surface area contributed by atoms with Gasteiger partial charge in [0.05, 0.1) is 5.92 Å². The number of nitrogens with one attached hydrogen (secondary N) is 2. The number of hydrogen-bond donors (Lipinski definition) is 4. The molecule has 0 heterocycles. The number of carbonyl (C=O) groups excluding carboxylic acids is 1. The van der Waals surface area contributed by atoms with Gasteiger partial charge in [-0.15, -0.1) is 0 Å². The van der Waals surface area contributed by atoms with Crippen molar-refractivity contribution in [2.45, 2.75) is 26.3 Å². The Bertz CT molecular complexity index is 195. The topological polar surface area (TPSA) is 104 Å². The first kappa shape index (κ1) is 11.7. The first-order valence-corrected chi connectivity index (χ1v) is 4.02. The predicted octanol–water partition coefficient (Wildman–Crippen LogP) is -0.341. The highest BCUT2D eigenvalue weighted by atomic mass is 16.4. The molecule has 0 aromatic heterocycles. The van der Waals surface area contributed by atoms with Gasteiger partial charge in [-0.05, 0) is 6.42 Å². The molecular formula is C7H15N3O3. The van der Waals surface area contributed by atoms with Crippen molar-refractivity contribution in [1.82, 2.24) is 10.7 Å². The maximum atomic E-state index is 11.0. The quantitative estimate of drug-likeness (QED) is 0.276. The van der Waals surface area contributed by atoms with Gasteiger partial charge in [-0.25, -0.2) is 10.6 Å². The second-order valence-electron chi connectivity index (χ2n) is 2.76. The van der Waals surface area contributed by atoms with Crippen LogP contribution in [0.4, 0.5) is 4.79 Å². The van der Waals surface area contributed by atoms with Crippen LogP contribution in [0, 0.1) is 5.92 Å². The zero-order chi connectivity index (χ0) is 10.4. The summed E-state index contributed by atoms with van der Waals surface area (Å²) in [6.07, 6.45) is -0.593. The molecule has 6 nitrogen and oxygen atoms in total. The van der Waals surface area contributed by atoms with Crippen LogP contribution in [0.1, 0.15) is 20.3 Å². The summed E-state index contributed by atoms with van der Waals surface area (Å²) in [4.78, 5) is 21.3. The fraction of sp³-hybridized carbons (Fsp3) is 0.714. The molecule has 0 spiro atoms. The molecule has 0 fully saturated rings. The van der Waals surface area contributed by atoms with Crippen LogP contribution < -0.4 is 16.6 Å². The Kier molecular flexibility index (Phi) is 4.83. The maximum absolute atomic E-state index is 11.0. The first-order valence-electron chi connectivity index (χ1n) is 4.02. The normalized spacial score (nSPS) is 14.4. The Balaban J connectivity index is 4.22. The van der Waals surface area contributed by atoms with Crippen LogP contribution in [0.25, 0.3) is 0 Å². The monoisotopic (exact) mass is 189 g/mol. The van der Waals surface area contributed by atoms with Gasteiger partial charge in [0, 0.05) is 6.04 Å². The molecule has 0 radical (unpaired) electrons. The van der Waals surface area contributed by atoms with E-state index in [-0.39, 0.29) is 5.91 Å². The van der Waals surface area contributed by atoms with E-state index in [9.17, 15) is 9.59 Å². The van der Waals surface area contributed by atoms with Crippen molar-refractivity contribution >= 4 is 12.0 Å². The van der Waals surface area contributed by atoms with E-state index in [4.69, 9.17) is 10.9 Å². The summed E-state index contributed by atoms with van der Waals surface area (Å²) in [5.74, 6) is 4.08. The molecule has 6 heteroatoms. The average Bonchev–Trinajstić information content (AvgIpc) is 2.11. The summed E-state index contributed by atoms with van der Waals surface area (Å²) in [7, 11) is 0. The van der Waals surface area contributed by atoms with Crippen molar-refractivity contribution in [2.75, 3.05) is 0 Å². The number of amides is 2. The molecule has 0 saturated heterocycles. The van der Waals surface area contributed by atoms with Gasteiger partial charge in [-0.2, -0.15) is 0 Å². The van der Waals surface area contributed by atoms with E-state index in [1.54, 1.807) is 13.8 Å². The van der Waals surface area contributed by atoms with E-state index >= 15 is 0 Å². The molecule has 0 saturated carbocycles. The lowest BCUT2D eigenvalue weighted by atomic mass is 9.99. The largest absolute Gasteiger partial charge is 0.465 e. The average molecular weight is 189 g/mol. The summed E-state index contributed by atoms with van der Waals surface area (Å²) < 4.78 is 0. The number of hydrogen-bond acceptors (Lipinski definition) is 3. The zero-order valence-corrected chi connectivity index (χ0v) is 7.70. The summed E-state index contributed by atoms with van der Waals surface area (Å²) in [6.45, 7) is 3.41. The molecule has 0 aliphatic rings. The van der Waals surface area contributed by atoms with Gasteiger partial charge in [0.15, 0.2) is 0 Å². The highest BCUT2D eigenvalue weighted by molar-refractivity contribution is 5.79. The van der Waals surface area contributed by atoms with Gasteiger partial charge in [0.2, 0.25) is 5.91 Å². The molecule has 0 aromatic carbocycles. The van der Waals surface area contributed by atoms with Crippen LogP contribution in [-0.2, 0) is 4.79 Å². The number of carbonyl (C=O) groups is 2. The summed E-state index contributed by atoms with van der Waals surface area (Å²) >= 11 is 0. The number of rotatable bonds is 4. The van der Waals surface area contributed by atoms with Crippen molar-refractivity contribution in [3.63, 3.8) is 0 Å². The van der Waals surface area contributed by atoms with Gasteiger partial charge < -0.3 is 10.4 Å². The van der Waals surface area contributed by atoms with Crippen LogP contribution in [0.5, 0.6) is 0 Å². The summed E-state index contributed by atoms with van der Waals surface area (Å²) in [5, 5.41) is 10.7. The fourth-order valence-corrected chi connectivity index (χ4v) is 1.05. The van der Waals surface area contributed by atoms with Crippen molar-refractivity contribution in [2.24, 2.45) is 11.8 Å². The van der Waals surface area contributed by atoms with Gasteiger partial charge in [-0.3, -0.25) is 10.2 Å². The van der Waals surface area contributed by atoms with Gasteiger partial charge in [0.25, 0.3) is 0 Å². The van der Waals surface area contributed by atoms with E-state index < -0.39 is 18.1 Å². The minimum atomic E-state index is -1.14. The second kappa shape index (κ2) is 5.36. The lowest BCUT2D eigenvalue weighted by molar-refractivity contribution is -0.125. The van der Waals surface area contributed by atoms with Crippen LogP contribution in [-0.4, -0.2) is 23.1 Å². The molecule has 0 aromatic rings. The minimum Gasteiger partial charge on any atom is -0.465 e. The molecule has 0 bridgehead atoms. The minimum absolute atomic E-state index is 0.374. The first-order chi connectivity index (χ1) is 6.02. The maximum Gasteiger partial charge on any atom is 0.404 e. The van der Waals surface area contributed by atoms with E-state index in [0.717, 1.165) is 0 Å². The standard InChI is InChI=1S/C7H15N3O3/c1-3-5(9-7(12)13)4(2)6(11)10-8/h4-5,9H,3,8H2,1-2H3,(H,10,11)(H,12,13)/t4-,5?/m0/s1. The second-order valence-corrected chi connectivity index (χ2v) is 2.76. The van der Waals surface area contributed by atoms with E-state index in [1.165, 1.54) is 0 Å². The Morgan fingerprint density at radius 2 is 2.08 bits per heavy atom. The molecule has 76 valence electrons. The molecule has 0 aliphatic heterocycles. The zero-order valence-electron chi connectivity index (χ0n) is 7.70. The molecule has 0 rings (SSSR count). The summed E-state index contributed by atoms with van der Waals surface area (Å²) in [5.41, 5.74) is 1.98. The Hall–Kier alpha value is -1.30. The Morgan fingerprint density at radius 3 is 2.38 bits per heavy atom. The van der Waals surface area contributed by atoms with Gasteiger partial charge >= 0.3 is 6.09 Å². The highest BCUT2D eigenvalue weighted by Crippen LogP contribution is 2.06. The third-order valence-corrected chi connectivity index (χ3v) is 1.91. The molecular weight excluding hydrogens is 174 g/mol. The number of carboxylic acid groups (broad SMARTS) is 1. The molecule has 2 atom stereocenters. The molecule has 2 amide bonds. The predicted molar refractivity (Wildman–Crippen MR) is 46.7 cm³/mol. The van der Waals surface area contributed by atoms with E-state index in [0.29, 0.717) is 6.42 Å². The SMILES string of the molecule is CCC(NC(=O)O)[C@H](C)C(=O)NN. The van der Waals surface area contributed by atoms with Crippen molar-refractivity contribution in [1.29, 1.82) is 0 Å². The Morgan fingerprint density at radius 1 is 1.54 bits per heavy atom. The van der Waals surface area contributed by atoms with Crippen molar-refractivity contribution < 1.29 is 14.7 Å². The third kappa shape index (κ3) is 3.75. The smallest absolute Gasteiger partial charge is 0.404 e. The lowest BCUT2D eigenvalue weighted by Gasteiger charge is -2.20. The fourth-order valence-electron chi connectivity index (χ4n) is 1.05. The third-order valence-electron chi connectivity index (χ3n) is 1.91.